The van der Waals surface area contributed by atoms with Crippen molar-refractivity contribution in [1.82, 2.24) is 9.62 Å². The third kappa shape index (κ3) is 4.86. The van der Waals surface area contributed by atoms with Crippen LogP contribution < -0.4 is 10.0 Å². The van der Waals surface area contributed by atoms with Gasteiger partial charge < -0.3 is 10.2 Å². The maximum Gasteiger partial charge on any atom is 0.240 e. The van der Waals surface area contributed by atoms with Crippen molar-refractivity contribution >= 4 is 27.5 Å². The molecule has 3 fully saturated rings. The second kappa shape index (κ2) is 9.06. The van der Waals surface area contributed by atoms with Crippen molar-refractivity contribution in [2.45, 2.75) is 81.2 Å². The van der Waals surface area contributed by atoms with E-state index >= 15 is 0 Å². The van der Waals surface area contributed by atoms with Gasteiger partial charge in [-0.1, -0.05) is 32.1 Å². The topological polar surface area (TPSA) is 95.6 Å². The maximum atomic E-state index is 12.6. The Bertz CT molecular complexity index is 872. The molecule has 0 bridgehead atoms. The van der Waals surface area contributed by atoms with Gasteiger partial charge in [-0.25, -0.2) is 13.1 Å². The lowest BCUT2D eigenvalue weighted by atomic mass is 9.96. The molecule has 1 heterocycles. The second-order valence-electron chi connectivity index (χ2n) is 8.86. The van der Waals surface area contributed by atoms with Gasteiger partial charge in [0.2, 0.25) is 21.8 Å². The zero-order valence-electron chi connectivity index (χ0n) is 17.3. The monoisotopic (exact) mass is 433 g/mol. The van der Waals surface area contributed by atoms with E-state index in [2.05, 4.69) is 10.0 Å². The van der Waals surface area contributed by atoms with Crippen molar-refractivity contribution < 1.29 is 18.0 Å². The molecule has 7 nitrogen and oxygen atoms in total. The molecule has 2 saturated carbocycles. The first-order valence-electron chi connectivity index (χ1n) is 11.1. The van der Waals surface area contributed by atoms with Crippen LogP contribution in [0.5, 0.6) is 0 Å². The van der Waals surface area contributed by atoms with Crippen LogP contribution >= 0.6 is 0 Å². The zero-order valence-corrected chi connectivity index (χ0v) is 18.1. The molecule has 1 aliphatic heterocycles. The molecule has 2 N–H and O–H groups in total. The van der Waals surface area contributed by atoms with Crippen LogP contribution in [0.4, 0.5) is 5.69 Å². The maximum absolute atomic E-state index is 12.6. The summed E-state index contributed by atoms with van der Waals surface area (Å²) < 4.78 is 28.0. The Morgan fingerprint density at radius 3 is 2.23 bits per heavy atom. The average molecular weight is 434 g/mol. The van der Waals surface area contributed by atoms with Crippen LogP contribution in [0.25, 0.3) is 0 Å². The molecule has 30 heavy (non-hydrogen) atoms. The van der Waals surface area contributed by atoms with Crippen molar-refractivity contribution in [3.8, 4) is 0 Å². The van der Waals surface area contributed by atoms with Gasteiger partial charge in [-0.3, -0.25) is 9.59 Å². The van der Waals surface area contributed by atoms with Crippen molar-refractivity contribution in [2.24, 2.45) is 5.92 Å². The Morgan fingerprint density at radius 1 is 0.933 bits per heavy atom. The Labute approximate surface area is 178 Å². The number of hydrogen-bond acceptors (Lipinski definition) is 4. The number of sulfonamides is 1. The van der Waals surface area contributed by atoms with Crippen LogP contribution in [0, 0.1) is 5.92 Å². The third-order valence-electron chi connectivity index (χ3n) is 6.65. The number of likely N-dealkylation sites (tertiary alicyclic amines) is 1. The lowest BCUT2D eigenvalue weighted by Crippen LogP contribution is -2.36. The second-order valence-corrected chi connectivity index (χ2v) is 10.6. The highest BCUT2D eigenvalue weighted by Gasteiger charge is 2.38. The quantitative estimate of drug-likeness (QED) is 0.721. The van der Waals surface area contributed by atoms with Crippen LogP contribution in [0.15, 0.2) is 29.2 Å². The van der Waals surface area contributed by atoms with Gasteiger partial charge in [-0.15, -0.1) is 0 Å². The van der Waals surface area contributed by atoms with E-state index in [1.165, 1.54) is 12.1 Å². The molecule has 2 aliphatic carbocycles. The van der Waals surface area contributed by atoms with Crippen LogP contribution in [-0.2, 0) is 19.6 Å². The molecule has 1 atom stereocenters. The molecule has 164 valence electrons. The molecular formula is C22H31N3O4S. The van der Waals surface area contributed by atoms with Crippen LogP contribution in [0.2, 0.25) is 0 Å². The van der Waals surface area contributed by atoms with E-state index in [1.54, 1.807) is 12.1 Å². The Kier molecular flexibility index (Phi) is 6.43. The van der Waals surface area contributed by atoms with Crippen LogP contribution in [0.3, 0.4) is 0 Å². The minimum atomic E-state index is -3.56. The van der Waals surface area contributed by atoms with E-state index in [1.807, 2.05) is 4.90 Å². The van der Waals surface area contributed by atoms with Gasteiger partial charge in [-0.2, -0.15) is 0 Å². The molecule has 1 aromatic rings. The summed E-state index contributed by atoms with van der Waals surface area (Å²) in [7, 11) is -3.56. The fraction of sp³-hybridized carbons (Fsp3) is 0.636. The largest absolute Gasteiger partial charge is 0.339 e. The van der Waals surface area contributed by atoms with Gasteiger partial charge in [0.1, 0.15) is 0 Å². The third-order valence-corrected chi connectivity index (χ3v) is 8.19. The minimum Gasteiger partial charge on any atom is -0.339 e. The standard InChI is InChI=1S/C22H31N3O4S/c26-21-14-16(15-25(21)19-8-4-5-9-19)22(27)23-17-10-12-20(13-11-17)30(28,29)24-18-6-2-1-3-7-18/h10-13,16,18-19,24H,1-9,14-15H2,(H,23,27). The predicted octanol–water partition coefficient (Wildman–Crippen LogP) is 3.03. The van der Waals surface area contributed by atoms with Gasteiger partial charge in [0, 0.05) is 30.7 Å². The van der Waals surface area contributed by atoms with Crippen LogP contribution in [0.1, 0.15) is 64.2 Å². The van der Waals surface area contributed by atoms with Crippen molar-refractivity contribution in [3.05, 3.63) is 24.3 Å². The first-order chi connectivity index (χ1) is 14.4. The van der Waals surface area contributed by atoms with Gasteiger partial charge >= 0.3 is 0 Å². The zero-order chi connectivity index (χ0) is 21.1. The average Bonchev–Trinajstić information content (AvgIpc) is 3.38. The molecule has 1 unspecified atom stereocenters. The highest BCUT2D eigenvalue weighted by molar-refractivity contribution is 7.89. The van der Waals surface area contributed by atoms with E-state index in [-0.39, 0.29) is 41.1 Å². The van der Waals surface area contributed by atoms with E-state index in [0.29, 0.717) is 12.2 Å². The molecule has 0 radical (unpaired) electrons. The lowest BCUT2D eigenvalue weighted by molar-refractivity contribution is -0.129. The minimum absolute atomic E-state index is 0.00541. The van der Waals surface area contributed by atoms with Gasteiger partial charge in [0.15, 0.2) is 0 Å². The van der Waals surface area contributed by atoms with Crippen molar-refractivity contribution in [2.75, 3.05) is 11.9 Å². The number of benzene rings is 1. The number of rotatable bonds is 6. The normalized spacial score (nSPS) is 23.8. The van der Waals surface area contributed by atoms with Crippen molar-refractivity contribution in [3.63, 3.8) is 0 Å². The molecule has 3 aliphatic rings. The molecule has 8 heteroatoms. The van der Waals surface area contributed by atoms with E-state index in [9.17, 15) is 18.0 Å². The first-order valence-corrected chi connectivity index (χ1v) is 12.6. The molecular weight excluding hydrogens is 402 g/mol. The van der Waals surface area contributed by atoms with Crippen molar-refractivity contribution in [1.29, 1.82) is 0 Å². The van der Waals surface area contributed by atoms with Crippen LogP contribution in [-0.4, -0.2) is 43.8 Å². The summed E-state index contributed by atoms with van der Waals surface area (Å²) in [6.07, 6.45) is 9.65. The number of nitrogens with zero attached hydrogens (tertiary/aromatic N) is 1. The summed E-state index contributed by atoms with van der Waals surface area (Å²) in [4.78, 5) is 27.0. The number of anilines is 1. The highest BCUT2D eigenvalue weighted by Crippen LogP contribution is 2.30. The summed E-state index contributed by atoms with van der Waals surface area (Å²) in [6, 6.07) is 6.55. The molecule has 1 saturated heterocycles. The van der Waals surface area contributed by atoms with Gasteiger partial charge in [0.05, 0.1) is 10.8 Å². The molecule has 4 rings (SSSR count). The summed E-state index contributed by atoms with van der Waals surface area (Å²) >= 11 is 0. The summed E-state index contributed by atoms with van der Waals surface area (Å²) in [5.74, 6) is -0.466. The Morgan fingerprint density at radius 2 is 1.57 bits per heavy atom. The number of nitrogens with one attached hydrogen (secondary N) is 2. The summed E-state index contributed by atoms with van der Waals surface area (Å²) in [5.41, 5.74) is 0.545. The molecule has 2 amide bonds. The first kappa shape index (κ1) is 21.3. The summed E-state index contributed by atoms with van der Waals surface area (Å²) in [5, 5.41) is 2.84. The number of hydrogen-bond donors (Lipinski definition) is 2. The smallest absolute Gasteiger partial charge is 0.240 e. The molecule has 0 spiro atoms. The SMILES string of the molecule is O=C(Nc1ccc(S(=O)(=O)NC2CCCCC2)cc1)C1CC(=O)N(C2CCCC2)C1. The van der Waals surface area contributed by atoms with E-state index in [0.717, 1.165) is 57.8 Å². The number of carbonyl (C=O) groups excluding carboxylic acids is 2. The van der Waals surface area contributed by atoms with Gasteiger partial charge in [-0.05, 0) is 49.9 Å². The predicted molar refractivity (Wildman–Crippen MR) is 114 cm³/mol. The Balaban J connectivity index is 1.34. The summed E-state index contributed by atoms with van der Waals surface area (Å²) in [6.45, 7) is 0.479. The van der Waals surface area contributed by atoms with E-state index < -0.39 is 10.0 Å². The number of carbonyl (C=O) groups is 2. The molecule has 0 aromatic heterocycles. The fourth-order valence-electron chi connectivity index (χ4n) is 4.95. The highest BCUT2D eigenvalue weighted by atomic mass is 32.2. The molecule has 1 aromatic carbocycles. The lowest BCUT2D eigenvalue weighted by Gasteiger charge is -2.24. The number of amides is 2. The fourth-order valence-corrected chi connectivity index (χ4v) is 6.25. The van der Waals surface area contributed by atoms with Gasteiger partial charge in [0.25, 0.3) is 0 Å². The Hall–Kier alpha value is -1.93. The van der Waals surface area contributed by atoms with E-state index in [4.69, 9.17) is 0 Å².